The summed E-state index contributed by atoms with van der Waals surface area (Å²) in [5.41, 5.74) is 4.11. The number of hydrogen-bond acceptors (Lipinski definition) is 3. The van der Waals surface area contributed by atoms with Gasteiger partial charge in [0.25, 0.3) is 0 Å². The van der Waals surface area contributed by atoms with E-state index in [9.17, 15) is 0 Å². The molecule has 0 saturated heterocycles. The quantitative estimate of drug-likeness (QED) is 0.438. The van der Waals surface area contributed by atoms with Gasteiger partial charge in [0.15, 0.2) is 11.5 Å². The van der Waals surface area contributed by atoms with Gasteiger partial charge in [0.2, 0.25) is 0 Å². The Morgan fingerprint density at radius 1 is 0.963 bits per heavy atom. The molecule has 0 aliphatic rings. The SMILES string of the molecule is COc1cc(-c2nc3ccccc3[nH]2)c(Br)cc1OCCc1ccccc1. The second-order valence-electron chi connectivity index (χ2n) is 6.17. The maximum absolute atomic E-state index is 5.98. The van der Waals surface area contributed by atoms with Crippen LogP contribution < -0.4 is 9.47 Å². The summed E-state index contributed by atoms with van der Waals surface area (Å²) in [5, 5.41) is 0. The molecule has 0 aliphatic carbocycles. The van der Waals surface area contributed by atoms with Gasteiger partial charge in [-0.3, -0.25) is 0 Å². The molecule has 0 saturated carbocycles. The smallest absolute Gasteiger partial charge is 0.162 e. The van der Waals surface area contributed by atoms with Crippen molar-refractivity contribution in [2.45, 2.75) is 6.42 Å². The summed E-state index contributed by atoms with van der Waals surface area (Å²) in [7, 11) is 1.65. The van der Waals surface area contributed by atoms with E-state index in [-0.39, 0.29) is 0 Å². The van der Waals surface area contributed by atoms with Crippen molar-refractivity contribution >= 4 is 27.0 Å². The Bertz CT molecular complexity index is 1030. The summed E-state index contributed by atoms with van der Waals surface area (Å²) in [4.78, 5) is 8.02. The number of aromatic amines is 1. The molecule has 0 bridgehead atoms. The molecule has 0 aliphatic heterocycles. The second kappa shape index (κ2) is 7.84. The largest absolute Gasteiger partial charge is 0.493 e. The molecule has 3 aromatic carbocycles. The summed E-state index contributed by atoms with van der Waals surface area (Å²) >= 11 is 3.65. The van der Waals surface area contributed by atoms with Crippen LogP contribution in [0.4, 0.5) is 0 Å². The summed E-state index contributed by atoms with van der Waals surface area (Å²) in [6.45, 7) is 0.580. The Kier molecular flexibility index (Phi) is 5.12. The molecule has 1 aromatic heterocycles. The van der Waals surface area contributed by atoms with Crippen molar-refractivity contribution in [1.29, 1.82) is 0 Å². The number of benzene rings is 3. The number of halogens is 1. The van der Waals surface area contributed by atoms with Crippen molar-refractivity contribution in [1.82, 2.24) is 9.97 Å². The normalized spacial score (nSPS) is 10.9. The Balaban J connectivity index is 1.58. The van der Waals surface area contributed by atoms with E-state index in [0.29, 0.717) is 18.1 Å². The van der Waals surface area contributed by atoms with Crippen molar-refractivity contribution in [2.75, 3.05) is 13.7 Å². The van der Waals surface area contributed by atoms with Crippen LogP contribution in [0, 0.1) is 0 Å². The first-order valence-electron chi connectivity index (χ1n) is 8.74. The fourth-order valence-corrected chi connectivity index (χ4v) is 3.50. The van der Waals surface area contributed by atoms with E-state index in [1.807, 2.05) is 54.6 Å². The third-order valence-electron chi connectivity index (χ3n) is 4.39. The number of imidazole rings is 1. The third-order valence-corrected chi connectivity index (χ3v) is 5.05. The van der Waals surface area contributed by atoms with Gasteiger partial charge in [0, 0.05) is 16.5 Å². The van der Waals surface area contributed by atoms with Gasteiger partial charge in [-0.15, -0.1) is 0 Å². The van der Waals surface area contributed by atoms with Gasteiger partial charge in [-0.25, -0.2) is 4.98 Å². The van der Waals surface area contributed by atoms with E-state index < -0.39 is 0 Å². The Morgan fingerprint density at radius 3 is 2.52 bits per heavy atom. The zero-order chi connectivity index (χ0) is 18.6. The number of ether oxygens (including phenoxy) is 2. The summed E-state index contributed by atoms with van der Waals surface area (Å²) in [6, 6.07) is 22.1. The van der Waals surface area contributed by atoms with Crippen LogP contribution in [0.2, 0.25) is 0 Å². The minimum atomic E-state index is 0.580. The molecule has 0 fully saturated rings. The molecule has 0 radical (unpaired) electrons. The number of nitrogens with one attached hydrogen (secondary N) is 1. The maximum Gasteiger partial charge on any atom is 0.162 e. The number of fused-ring (bicyclic) bond motifs is 1. The third kappa shape index (κ3) is 3.83. The Morgan fingerprint density at radius 2 is 1.74 bits per heavy atom. The van der Waals surface area contributed by atoms with Crippen LogP contribution in [0.1, 0.15) is 5.56 Å². The second-order valence-corrected chi connectivity index (χ2v) is 7.02. The van der Waals surface area contributed by atoms with Gasteiger partial charge in [0.1, 0.15) is 5.82 Å². The number of para-hydroxylation sites is 2. The molecule has 4 nitrogen and oxygen atoms in total. The predicted molar refractivity (Wildman–Crippen MR) is 111 cm³/mol. The first-order chi connectivity index (χ1) is 13.2. The van der Waals surface area contributed by atoms with E-state index in [1.54, 1.807) is 7.11 Å². The zero-order valence-electron chi connectivity index (χ0n) is 14.9. The minimum absolute atomic E-state index is 0.580. The molecule has 0 unspecified atom stereocenters. The summed E-state index contributed by atoms with van der Waals surface area (Å²) < 4.78 is 12.4. The number of aromatic nitrogens is 2. The van der Waals surface area contributed by atoms with Gasteiger partial charge in [-0.2, -0.15) is 0 Å². The first-order valence-corrected chi connectivity index (χ1v) is 9.53. The van der Waals surface area contributed by atoms with Gasteiger partial charge >= 0.3 is 0 Å². The standard InChI is InChI=1S/C22H19BrN2O2/c1-26-20-13-16(22-24-18-9-5-6-10-19(18)25-22)17(23)14-21(20)27-12-11-15-7-3-2-4-8-15/h2-10,13-14H,11-12H2,1H3,(H,24,25). The zero-order valence-corrected chi connectivity index (χ0v) is 16.5. The summed E-state index contributed by atoms with van der Waals surface area (Å²) in [6.07, 6.45) is 0.840. The molecule has 1 N–H and O–H groups in total. The number of hydrogen-bond donors (Lipinski definition) is 1. The van der Waals surface area contributed by atoms with Crippen molar-refractivity contribution in [2.24, 2.45) is 0 Å². The van der Waals surface area contributed by atoms with Crippen LogP contribution in [0.5, 0.6) is 11.5 Å². The topological polar surface area (TPSA) is 47.1 Å². The van der Waals surface area contributed by atoms with E-state index >= 15 is 0 Å². The minimum Gasteiger partial charge on any atom is -0.493 e. The van der Waals surface area contributed by atoms with Crippen molar-refractivity contribution in [3.05, 3.63) is 76.8 Å². The lowest BCUT2D eigenvalue weighted by molar-refractivity contribution is 0.297. The molecule has 0 amide bonds. The molecule has 0 spiro atoms. The number of H-pyrrole nitrogens is 1. The molecule has 27 heavy (non-hydrogen) atoms. The molecule has 1 heterocycles. The van der Waals surface area contributed by atoms with Crippen molar-refractivity contribution in [3.8, 4) is 22.9 Å². The fourth-order valence-electron chi connectivity index (χ4n) is 2.99. The van der Waals surface area contributed by atoms with Gasteiger partial charge in [-0.1, -0.05) is 42.5 Å². The van der Waals surface area contributed by atoms with Crippen molar-refractivity contribution in [3.63, 3.8) is 0 Å². The van der Waals surface area contributed by atoms with E-state index in [2.05, 4.69) is 38.0 Å². The molecular weight excluding hydrogens is 404 g/mol. The van der Waals surface area contributed by atoms with E-state index in [1.165, 1.54) is 5.56 Å². The highest BCUT2D eigenvalue weighted by Gasteiger charge is 2.14. The predicted octanol–water partition coefficient (Wildman–Crippen LogP) is 5.62. The molecule has 0 atom stereocenters. The lowest BCUT2D eigenvalue weighted by atomic mass is 10.1. The van der Waals surface area contributed by atoms with E-state index in [4.69, 9.17) is 9.47 Å². The van der Waals surface area contributed by atoms with Crippen LogP contribution >= 0.6 is 15.9 Å². The van der Waals surface area contributed by atoms with Gasteiger partial charge < -0.3 is 14.5 Å². The van der Waals surface area contributed by atoms with Crippen LogP contribution in [0.25, 0.3) is 22.4 Å². The van der Waals surface area contributed by atoms with Crippen LogP contribution in [0.3, 0.4) is 0 Å². The molecule has 4 rings (SSSR count). The van der Waals surface area contributed by atoms with Crippen molar-refractivity contribution < 1.29 is 9.47 Å². The molecule has 5 heteroatoms. The number of methoxy groups -OCH3 is 1. The summed E-state index contributed by atoms with van der Waals surface area (Å²) in [5.74, 6) is 2.18. The highest BCUT2D eigenvalue weighted by atomic mass is 79.9. The first kappa shape index (κ1) is 17.6. The maximum atomic E-state index is 5.98. The highest BCUT2D eigenvalue weighted by Crippen LogP contribution is 2.38. The van der Waals surface area contributed by atoms with Crippen LogP contribution in [-0.4, -0.2) is 23.7 Å². The Labute approximate surface area is 166 Å². The molecular formula is C22H19BrN2O2. The van der Waals surface area contributed by atoms with Crippen LogP contribution in [0.15, 0.2) is 71.2 Å². The monoisotopic (exact) mass is 422 g/mol. The molecule has 136 valence electrons. The number of nitrogens with zero attached hydrogens (tertiary/aromatic N) is 1. The lowest BCUT2D eigenvalue weighted by Crippen LogP contribution is -2.03. The highest BCUT2D eigenvalue weighted by molar-refractivity contribution is 9.10. The fraction of sp³-hybridized carbons (Fsp3) is 0.136. The average Bonchev–Trinajstić information content (AvgIpc) is 3.13. The average molecular weight is 423 g/mol. The lowest BCUT2D eigenvalue weighted by Gasteiger charge is -2.13. The van der Waals surface area contributed by atoms with E-state index in [0.717, 1.165) is 33.3 Å². The Hall–Kier alpha value is -2.79. The number of rotatable bonds is 6. The molecule has 4 aromatic rings. The van der Waals surface area contributed by atoms with Gasteiger partial charge in [-0.05, 0) is 45.8 Å². The van der Waals surface area contributed by atoms with Crippen LogP contribution in [-0.2, 0) is 6.42 Å². The van der Waals surface area contributed by atoms with Gasteiger partial charge in [0.05, 0.1) is 24.8 Å².